The van der Waals surface area contributed by atoms with Crippen molar-refractivity contribution >= 4 is 22.5 Å². The molecule has 0 bridgehead atoms. The van der Waals surface area contributed by atoms with Crippen LogP contribution >= 0.6 is 11.3 Å². The van der Waals surface area contributed by atoms with Crippen LogP contribution in [0.25, 0.3) is 0 Å². The van der Waals surface area contributed by atoms with Crippen molar-refractivity contribution in [1.29, 1.82) is 0 Å². The Kier molecular flexibility index (Phi) is 4.95. The number of nitrogens with one attached hydrogen (secondary N) is 2. The van der Waals surface area contributed by atoms with Crippen LogP contribution in [0.3, 0.4) is 0 Å². The molecule has 0 spiro atoms. The first kappa shape index (κ1) is 17.3. The Labute approximate surface area is 134 Å². The molecule has 0 aliphatic rings. The number of alkyl halides is 2. The first-order valence-electron chi connectivity index (χ1n) is 6.65. The van der Waals surface area contributed by atoms with Crippen LogP contribution in [-0.4, -0.2) is 27.9 Å². The van der Waals surface area contributed by atoms with Gasteiger partial charge in [0.05, 0.1) is 6.54 Å². The summed E-state index contributed by atoms with van der Waals surface area (Å²) >= 11 is 0.583. The molecule has 23 heavy (non-hydrogen) atoms. The summed E-state index contributed by atoms with van der Waals surface area (Å²) in [5.74, 6) is 1.20. The number of aromatic nitrogens is 2. The number of aryl methyl sites for hydroxylation is 2. The number of hydrogen-bond acceptors (Lipinski definition) is 6. The van der Waals surface area contributed by atoms with Gasteiger partial charge in [-0.05, 0) is 26.8 Å². The first-order chi connectivity index (χ1) is 10.7. The summed E-state index contributed by atoms with van der Waals surface area (Å²) in [6.07, 6.45) is -2.74. The molecule has 0 radical (unpaired) electrons. The van der Waals surface area contributed by atoms with Gasteiger partial charge in [0.15, 0.2) is 5.01 Å². The number of carbonyl (C=O) groups excluding carboxylic acids is 1. The minimum atomic E-state index is -2.74. The van der Waals surface area contributed by atoms with Crippen LogP contribution in [0.1, 0.15) is 35.4 Å². The average molecular weight is 346 g/mol. The lowest BCUT2D eigenvalue weighted by Gasteiger charge is -2.23. The number of nitrogens with zero attached hydrogens (tertiary/aromatic N) is 2. The maximum absolute atomic E-state index is 12.4. The molecule has 126 valence electrons. The van der Waals surface area contributed by atoms with E-state index in [1.807, 2.05) is 0 Å². The van der Waals surface area contributed by atoms with Crippen molar-refractivity contribution in [2.24, 2.45) is 0 Å². The second-order valence-corrected chi connectivity index (χ2v) is 6.16. The van der Waals surface area contributed by atoms with Gasteiger partial charge in [-0.3, -0.25) is 5.32 Å². The van der Waals surface area contributed by atoms with Crippen LogP contribution in [0, 0.1) is 13.8 Å². The van der Waals surface area contributed by atoms with Crippen molar-refractivity contribution in [3.63, 3.8) is 0 Å². The lowest BCUT2D eigenvalue weighted by Crippen LogP contribution is -2.40. The molecular formula is C13H16F2N4O3S. The van der Waals surface area contributed by atoms with E-state index in [2.05, 4.69) is 20.8 Å². The second-order valence-electron chi connectivity index (χ2n) is 5.15. The number of hydrogen-bond donors (Lipinski definition) is 3. The Morgan fingerprint density at radius 3 is 2.70 bits per heavy atom. The molecule has 2 aromatic heterocycles. The van der Waals surface area contributed by atoms with Crippen molar-refractivity contribution in [2.75, 3.05) is 11.9 Å². The first-order valence-corrected chi connectivity index (χ1v) is 7.47. The lowest BCUT2D eigenvalue weighted by atomic mass is 9.96. The Balaban J connectivity index is 1.94. The monoisotopic (exact) mass is 346 g/mol. The molecule has 0 aromatic carbocycles. The van der Waals surface area contributed by atoms with Crippen LogP contribution in [0.4, 0.5) is 18.7 Å². The summed E-state index contributed by atoms with van der Waals surface area (Å²) in [5.41, 5.74) is -0.778. The minimum Gasteiger partial charge on any atom is -0.466 e. The van der Waals surface area contributed by atoms with Gasteiger partial charge in [-0.15, -0.1) is 10.2 Å². The molecule has 2 aromatic rings. The highest BCUT2D eigenvalue weighted by molar-refractivity contribution is 7.15. The van der Waals surface area contributed by atoms with E-state index in [9.17, 15) is 18.7 Å². The maximum atomic E-state index is 12.4. The van der Waals surface area contributed by atoms with E-state index in [0.29, 0.717) is 28.4 Å². The van der Waals surface area contributed by atoms with Gasteiger partial charge in [-0.2, -0.15) is 0 Å². The summed E-state index contributed by atoms with van der Waals surface area (Å²) < 4.78 is 30.1. The van der Waals surface area contributed by atoms with E-state index in [1.54, 1.807) is 19.9 Å². The van der Waals surface area contributed by atoms with Crippen LogP contribution in [0.2, 0.25) is 0 Å². The number of aliphatic hydroxyl groups is 1. The van der Waals surface area contributed by atoms with Crippen molar-refractivity contribution in [3.05, 3.63) is 28.2 Å². The highest BCUT2D eigenvalue weighted by Gasteiger charge is 2.28. The van der Waals surface area contributed by atoms with Crippen LogP contribution in [0.15, 0.2) is 10.5 Å². The second kappa shape index (κ2) is 6.59. The number of urea groups is 1. The van der Waals surface area contributed by atoms with Gasteiger partial charge >= 0.3 is 6.03 Å². The van der Waals surface area contributed by atoms with Gasteiger partial charge in [0.2, 0.25) is 5.13 Å². The maximum Gasteiger partial charge on any atom is 0.321 e. The molecule has 0 saturated heterocycles. The van der Waals surface area contributed by atoms with Crippen LogP contribution < -0.4 is 10.6 Å². The fraction of sp³-hybridized carbons (Fsp3) is 0.462. The Bertz CT molecular complexity index is 699. The van der Waals surface area contributed by atoms with E-state index in [0.717, 1.165) is 0 Å². The summed E-state index contributed by atoms with van der Waals surface area (Å²) in [6, 6.07) is 1.01. The molecule has 2 rings (SSSR count). The van der Waals surface area contributed by atoms with Crippen molar-refractivity contribution < 1.29 is 23.1 Å². The number of rotatable bonds is 5. The van der Waals surface area contributed by atoms with Gasteiger partial charge in [0.1, 0.15) is 17.1 Å². The molecule has 7 nitrogen and oxygen atoms in total. The number of halogens is 2. The molecule has 0 aliphatic carbocycles. The summed E-state index contributed by atoms with van der Waals surface area (Å²) in [4.78, 5) is 11.8. The molecule has 0 saturated carbocycles. The minimum absolute atomic E-state index is 0.0484. The lowest BCUT2D eigenvalue weighted by molar-refractivity contribution is 0.0584. The Hall–Kier alpha value is -2.07. The zero-order chi connectivity index (χ0) is 17.2. The standard InChI is InChI=1S/C13H16F2N4O3S/c1-6-4-8(7(2)22-6)13(3,21)5-16-11(20)17-12-19-18-10(23-12)9(14)15/h4,9,21H,5H2,1-3H3,(H2,16,17,19,20). The van der Waals surface area contributed by atoms with E-state index in [4.69, 9.17) is 4.42 Å². The number of furan rings is 1. The van der Waals surface area contributed by atoms with E-state index >= 15 is 0 Å². The molecule has 0 aliphatic heterocycles. The van der Waals surface area contributed by atoms with E-state index in [-0.39, 0.29) is 11.7 Å². The molecular weight excluding hydrogens is 330 g/mol. The van der Waals surface area contributed by atoms with Crippen molar-refractivity contribution in [1.82, 2.24) is 15.5 Å². The predicted octanol–water partition coefficient (Wildman–Crippen LogP) is 2.71. The number of carbonyl (C=O) groups is 1. The fourth-order valence-corrected chi connectivity index (χ4v) is 2.62. The van der Waals surface area contributed by atoms with Gasteiger partial charge in [-0.1, -0.05) is 11.3 Å². The third kappa shape index (κ3) is 4.23. The summed E-state index contributed by atoms with van der Waals surface area (Å²) in [5, 5.41) is 21.4. The zero-order valence-corrected chi connectivity index (χ0v) is 13.5. The zero-order valence-electron chi connectivity index (χ0n) is 12.7. The average Bonchev–Trinajstić information content (AvgIpc) is 3.03. The van der Waals surface area contributed by atoms with Gasteiger partial charge in [0.25, 0.3) is 6.43 Å². The molecule has 0 fully saturated rings. The third-order valence-electron chi connectivity index (χ3n) is 3.06. The van der Waals surface area contributed by atoms with Crippen molar-refractivity contribution in [3.8, 4) is 0 Å². The largest absolute Gasteiger partial charge is 0.466 e. The summed E-state index contributed by atoms with van der Waals surface area (Å²) in [7, 11) is 0. The molecule has 1 atom stereocenters. The number of anilines is 1. The fourth-order valence-electron chi connectivity index (χ4n) is 2.03. The number of amides is 2. The van der Waals surface area contributed by atoms with Gasteiger partial charge in [-0.25, -0.2) is 13.6 Å². The highest BCUT2D eigenvalue weighted by Crippen LogP contribution is 2.27. The van der Waals surface area contributed by atoms with E-state index in [1.165, 1.54) is 6.92 Å². The molecule has 10 heteroatoms. The highest BCUT2D eigenvalue weighted by atomic mass is 32.1. The van der Waals surface area contributed by atoms with Crippen LogP contribution in [0.5, 0.6) is 0 Å². The van der Waals surface area contributed by atoms with Crippen molar-refractivity contribution in [2.45, 2.75) is 32.8 Å². The molecule has 3 N–H and O–H groups in total. The van der Waals surface area contributed by atoms with Crippen LogP contribution in [-0.2, 0) is 5.60 Å². The summed E-state index contributed by atoms with van der Waals surface area (Å²) in [6.45, 7) is 4.90. The molecule has 2 amide bonds. The molecule has 2 heterocycles. The quantitative estimate of drug-likeness (QED) is 0.773. The predicted molar refractivity (Wildman–Crippen MR) is 79.6 cm³/mol. The third-order valence-corrected chi connectivity index (χ3v) is 3.91. The smallest absolute Gasteiger partial charge is 0.321 e. The Morgan fingerprint density at radius 2 is 2.17 bits per heavy atom. The van der Waals surface area contributed by atoms with E-state index < -0.39 is 23.1 Å². The topological polar surface area (TPSA) is 100 Å². The normalized spacial score (nSPS) is 13.9. The SMILES string of the molecule is Cc1cc(C(C)(O)CNC(=O)Nc2nnc(C(F)F)s2)c(C)o1. The van der Waals surface area contributed by atoms with Gasteiger partial charge < -0.3 is 14.8 Å². The molecule has 1 unspecified atom stereocenters. The Morgan fingerprint density at radius 1 is 1.48 bits per heavy atom. The van der Waals surface area contributed by atoms with Gasteiger partial charge in [0, 0.05) is 5.56 Å².